The number of allylic oxidation sites excluding steroid dienone is 2. The molecule has 0 amide bonds. The van der Waals surface area contributed by atoms with E-state index < -0.39 is 6.10 Å². The van der Waals surface area contributed by atoms with Gasteiger partial charge in [-0.2, -0.15) is 0 Å². The second kappa shape index (κ2) is 7.07. The second-order valence-electron chi connectivity index (χ2n) is 2.90. The maximum Gasteiger partial charge on any atom is 0.0807 e. The van der Waals surface area contributed by atoms with Crippen LogP contribution < -0.4 is 0 Å². The van der Waals surface area contributed by atoms with Gasteiger partial charge in [-0.25, -0.2) is 0 Å². The van der Waals surface area contributed by atoms with E-state index in [1.165, 1.54) is 0 Å². The minimum absolute atomic E-state index is 0.178. The van der Waals surface area contributed by atoms with Crippen LogP contribution in [0.15, 0.2) is 24.3 Å². The summed E-state index contributed by atoms with van der Waals surface area (Å²) in [5.74, 6) is 0. The van der Waals surface area contributed by atoms with Crippen molar-refractivity contribution in [3.05, 3.63) is 24.3 Å². The van der Waals surface area contributed by atoms with Crippen LogP contribution in [0.4, 0.5) is 0 Å². The molecule has 0 aromatic heterocycles. The summed E-state index contributed by atoms with van der Waals surface area (Å²) in [4.78, 5) is 0. The highest BCUT2D eigenvalue weighted by molar-refractivity contribution is 4.98. The summed E-state index contributed by atoms with van der Waals surface area (Å²) >= 11 is 0. The molecule has 1 atom stereocenters. The van der Waals surface area contributed by atoms with Gasteiger partial charge in [-0.15, -0.1) is 0 Å². The largest absolute Gasteiger partial charge is 0.394 e. The van der Waals surface area contributed by atoms with Crippen LogP contribution in [0.1, 0.15) is 26.2 Å². The molecular weight excluding hydrogens is 152 g/mol. The second-order valence-corrected chi connectivity index (χ2v) is 2.90. The topological polar surface area (TPSA) is 40.5 Å². The van der Waals surface area contributed by atoms with E-state index in [-0.39, 0.29) is 6.61 Å². The third kappa shape index (κ3) is 6.13. The lowest BCUT2D eigenvalue weighted by Gasteiger charge is -2.08. The predicted molar refractivity (Wildman–Crippen MR) is 50.9 cm³/mol. The van der Waals surface area contributed by atoms with E-state index in [0.717, 1.165) is 18.4 Å². The molecule has 0 unspecified atom stereocenters. The van der Waals surface area contributed by atoms with Gasteiger partial charge in [-0.05, 0) is 26.2 Å². The van der Waals surface area contributed by atoms with Crippen molar-refractivity contribution in [3.63, 3.8) is 0 Å². The first-order valence-corrected chi connectivity index (χ1v) is 4.27. The molecule has 12 heavy (non-hydrogen) atoms. The van der Waals surface area contributed by atoms with Gasteiger partial charge in [0.25, 0.3) is 0 Å². The quantitative estimate of drug-likeness (QED) is 0.595. The highest BCUT2D eigenvalue weighted by Crippen LogP contribution is 2.10. The van der Waals surface area contributed by atoms with Gasteiger partial charge >= 0.3 is 0 Å². The van der Waals surface area contributed by atoms with E-state index in [9.17, 15) is 0 Å². The van der Waals surface area contributed by atoms with Gasteiger partial charge in [-0.1, -0.05) is 24.3 Å². The molecule has 0 aliphatic rings. The van der Waals surface area contributed by atoms with Gasteiger partial charge in [-0.3, -0.25) is 0 Å². The van der Waals surface area contributed by atoms with Crippen molar-refractivity contribution in [1.82, 2.24) is 0 Å². The lowest BCUT2D eigenvalue weighted by Crippen LogP contribution is -2.12. The molecule has 0 saturated heterocycles. The maximum absolute atomic E-state index is 9.06. The summed E-state index contributed by atoms with van der Waals surface area (Å²) < 4.78 is 0. The van der Waals surface area contributed by atoms with Crippen molar-refractivity contribution in [1.29, 1.82) is 0 Å². The standard InChI is InChI=1S/C10H18O2/c1-3-4-5-6-9(2)7-10(12)8-11/h3-4,10-12H,2,5-8H2,1H3/b4-3+/t10-/m1/s1. The van der Waals surface area contributed by atoms with Crippen molar-refractivity contribution < 1.29 is 10.2 Å². The molecule has 0 saturated carbocycles. The molecule has 0 heterocycles. The Kier molecular flexibility index (Phi) is 6.72. The van der Waals surface area contributed by atoms with Crippen LogP contribution in [0.3, 0.4) is 0 Å². The molecule has 0 fully saturated rings. The molecule has 2 heteroatoms. The van der Waals surface area contributed by atoms with Crippen LogP contribution in [0.2, 0.25) is 0 Å². The molecule has 0 aliphatic carbocycles. The first-order chi connectivity index (χ1) is 5.70. The SMILES string of the molecule is C=C(CC/C=C/C)C[C@@H](O)CO. The molecule has 0 radical (unpaired) electrons. The Balaban J connectivity index is 3.46. The summed E-state index contributed by atoms with van der Waals surface area (Å²) in [6.45, 7) is 5.61. The third-order valence-corrected chi connectivity index (χ3v) is 1.64. The molecule has 0 aromatic carbocycles. The smallest absolute Gasteiger partial charge is 0.0807 e. The fourth-order valence-corrected chi connectivity index (χ4v) is 0.954. The fraction of sp³-hybridized carbons (Fsp3) is 0.600. The van der Waals surface area contributed by atoms with Crippen LogP contribution in [-0.4, -0.2) is 22.9 Å². The van der Waals surface area contributed by atoms with Gasteiger partial charge in [0.2, 0.25) is 0 Å². The molecule has 0 bridgehead atoms. The number of hydrogen-bond donors (Lipinski definition) is 2. The zero-order valence-corrected chi connectivity index (χ0v) is 7.66. The van der Waals surface area contributed by atoms with Crippen LogP contribution >= 0.6 is 0 Å². The summed E-state index contributed by atoms with van der Waals surface area (Å²) in [6, 6.07) is 0. The van der Waals surface area contributed by atoms with E-state index >= 15 is 0 Å². The first-order valence-electron chi connectivity index (χ1n) is 4.27. The zero-order valence-electron chi connectivity index (χ0n) is 7.66. The predicted octanol–water partition coefficient (Wildman–Crippen LogP) is 1.64. The Morgan fingerprint density at radius 3 is 2.75 bits per heavy atom. The number of rotatable bonds is 6. The van der Waals surface area contributed by atoms with Gasteiger partial charge in [0, 0.05) is 0 Å². The molecule has 2 N–H and O–H groups in total. The first kappa shape index (κ1) is 11.4. The van der Waals surface area contributed by atoms with Crippen LogP contribution in [0.25, 0.3) is 0 Å². The maximum atomic E-state index is 9.06. The molecule has 0 spiro atoms. The minimum Gasteiger partial charge on any atom is -0.394 e. The fourth-order valence-electron chi connectivity index (χ4n) is 0.954. The van der Waals surface area contributed by atoms with Crippen molar-refractivity contribution in [3.8, 4) is 0 Å². The normalized spacial score (nSPS) is 13.6. The molecule has 0 rings (SSSR count). The number of aliphatic hydroxyl groups is 2. The van der Waals surface area contributed by atoms with Crippen molar-refractivity contribution in [2.24, 2.45) is 0 Å². The molecule has 0 aromatic rings. The molecular formula is C10H18O2. The number of hydrogen-bond acceptors (Lipinski definition) is 2. The van der Waals surface area contributed by atoms with Crippen LogP contribution in [0.5, 0.6) is 0 Å². The Bertz CT molecular complexity index is 150. The summed E-state index contributed by atoms with van der Waals surface area (Å²) in [6.07, 6.45) is 5.79. The van der Waals surface area contributed by atoms with Crippen molar-refractivity contribution in [2.45, 2.75) is 32.3 Å². The van der Waals surface area contributed by atoms with Gasteiger partial charge < -0.3 is 10.2 Å². The summed E-state index contributed by atoms with van der Waals surface area (Å²) in [5.41, 5.74) is 0.995. The highest BCUT2D eigenvalue weighted by atomic mass is 16.3. The minimum atomic E-state index is -0.636. The monoisotopic (exact) mass is 170 g/mol. The average Bonchev–Trinajstić information content (AvgIpc) is 2.05. The average molecular weight is 170 g/mol. The van der Waals surface area contributed by atoms with E-state index in [4.69, 9.17) is 10.2 Å². The van der Waals surface area contributed by atoms with Crippen molar-refractivity contribution in [2.75, 3.05) is 6.61 Å². The van der Waals surface area contributed by atoms with E-state index in [2.05, 4.69) is 12.7 Å². The van der Waals surface area contributed by atoms with Crippen LogP contribution in [-0.2, 0) is 0 Å². The van der Waals surface area contributed by atoms with Crippen LogP contribution in [0, 0.1) is 0 Å². The zero-order chi connectivity index (χ0) is 9.40. The molecule has 70 valence electrons. The number of aliphatic hydroxyl groups excluding tert-OH is 2. The third-order valence-electron chi connectivity index (χ3n) is 1.64. The Labute approximate surface area is 74.2 Å². The van der Waals surface area contributed by atoms with E-state index in [0.29, 0.717) is 6.42 Å². The van der Waals surface area contributed by atoms with Gasteiger partial charge in [0.05, 0.1) is 12.7 Å². The van der Waals surface area contributed by atoms with Gasteiger partial charge in [0.1, 0.15) is 0 Å². The van der Waals surface area contributed by atoms with Crippen molar-refractivity contribution >= 4 is 0 Å². The lowest BCUT2D eigenvalue weighted by atomic mass is 10.1. The van der Waals surface area contributed by atoms with E-state index in [1.54, 1.807) is 0 Å². The highest BCUT2D eigenvalue weighted by Gasteiger charge is 2.03. The summed E-state index contributed by atoms with van der Waals surface area (Å²) in [7, 11) is 0. The lowest BCUT2D eigenvalue weighted by molar-refractivity contribution is 0.0949. The Morgan fingerprint density at radius 1 is 1.58 bits per heavy atom. The summed E-state index contributed by atoms with van der Waals surface area (Å²) in [5, 5.41) is 17.6. The van der Waals surface area contributed by atoms with Gasteiger partial charge in [0.15, 0.2) is 0 Å². The Morgan fingerprint density at radius 2 is 2.25 bits per heavy atom. The molecule has 0 aliphatic heterocycles. The van der Waals surface area contributed by atoms with E-state index in [1.807, 2.05) is 13.0 Å². The Hall–Kier alpha value is -0.600. The molecule has 2 nitrogen and oxygen atoms in total.